The zero-order valence-corrected chi connectivity index (χ0v) is 26.0. The molecule has 47 heavy (non-hydrogen) atoms. The van der Waals surface area contributed by atoms with Crippen molar-refractivity contribution in [2.24, 2.45) is 0 Å². The summed E-state index contributed by atoms with van der Waals surface area (Å²) in [5, 5.41) is 0. The molecule has 0 fully saturated rings. The lowest BCUT2D eigenvalue weighted by Crippen LogP contribution is -2.40. The Morgan fingerprint density at radius 3 is 1.79 bits per heavy atom. The van der Waals surface area contributed by atoms with Crippen molar-refractivity contribution in [2.75, 3.05) is 0 Å². The first-order chi connectivity index (χ1) is 22.6. The molecule has 0 saturated carbocycles. The van der Waals surface area contributed by atoms with Gasteiger partial charge in [-0.05, 0) is 43.2 Å². The summed E-state index contributed by atoms with van der Waals surface area (Å²) in [7, 11) is 0. The average molecular weight is 619 g/mol. The number of para-hydroxylation sites is 1. The number of ketones is 1. The molecule has 0 N–H and O–H groups in total. The van der Waals surface area contributed by atoms with Crippen LogP contribution in [0, 0.1) is 24.7 Å². The topological polar surface area (TPSA) is 78.9 Å². The Morgan fingerprint density at radius 2 is 1.17 bits per heavy atom. The molecule has 6 heteroatoms. The Hall–Kier alpha value is -6.11. The average Bonchev–Trinajstić information content (AvgIpc) is 3.07. The van der Waals surface area contributed by atoms with Gasteiger partial charge in [-0.2, -0.15) is 0 Å². The molecule has 6 nitrogen and oxygen atoms in total. The molecule has 0 aromatic heterocycles. The van der Waals surface area contributed by atoms with Gasteiger partial charge in [0, 0.05) is 44.5 Å². The number of benzene rings is 4. The number of terminal acetylenes is 2. The molecule has 6 rings (SSSR count). The van der Waals surface area contributed by atoms with E-state index in [0.717, 1.165) is 5.56 Å². The van der Waals surface area contributed by atoms with E-state index in [0.29, 0.717) is 50.4 Å². The quantitative estimate of drug-likeness (QED) is 0.120. The van der Waals surface area contributed by atoms with Crippen molar-refractivity contribution in [3.8, 4) is 47.3 Å². The number of carbonyl (C=O) groups is 3. The van der Waals surface area contributed by atoms with Crippen LogP contribution in [-0.4, -0.2) is 17.7 Å². The number of ether oxygens (including phenoxy) is 3. The standard InChI is InChI=1S/C41H30O6/c1-7-21-40(46-38(43)25(3)4)31-14-10-9-13-29(31)37(42)30-23-27(17-19-32(30)40)28-18-20-34-36(24-28)45-35-16-12-11-15-33(35)41(34,22-8-2)47-39(44)26(5)6/h1-2,9-20,23-24H,3,5,21-22H2,4,6H3. The Bertz CT molecular complexity index is 2120. The minimum atomic E-state index is -1.40. The Balaban J connectivity index is 1.51. The van der Waals surface area contributed by atoms with E-state index in [4.69, 9.17) is 27.1 Å². The van der Waals surface area contributed by atoms with E-state index >= 15 is 0 Å². The summed E-state index contributed by atoms with van der Waals surface area (Å²) in [4.78, 5) is 39.9. The van der Waals surface area contributed by atoms with Crippen molar-refractivity contribution in [1.29, 1.82) is 0 Å². The molecular weight excluding hydrogens is 588 g/mol. The van der Waals surface area contributed by atoms with Gasteiger partial charge in [0.1, 0.15) is 11.5 Å². The van der Waals surface area contributed by atoms with Gasteiger partial charge in [-0.25, -0.2) is 9.59 Å². The molecule has 4 aromatic carbocycles. The largest absolute Gasteiger partial charge is 0.456 e. The third kappa shape index (κ3) is 4.92. The van der Waals surface area contributed by atoms with Gasteiger partial charge in [-0.15, -0.1) is 24.7 Å². The van der Waals surface area contributed by atoms with Crippen LogP contribution in [0.3, 0.4) is 0 Å². The fraction of sp³-hybridized carbons (Fsp3) is 0.146. The van der Waals surface area contributed by atoms with E-state index in [1.54, 1.807) is 56.3 Å². The third-order valence-corrected chi connectivity index (χ3v) is 8.53. The number of esters is 2. The van der Waals surface area contributed by atoms with Gasteiger partial charge >= 0.3 is 11.9 Å². The highest BCUT2D eigenvalue weighted by molar-refractivity contribution is 6.14. The van der Waals surface area contributed by atoms with Gasteiger partial charge in [0.15, 0.2) is 17.0 Å². The first-order valence-corrected chi connectivity index (χ1v) is 14.9. The Morgan fingerprint density at radius 1 is 0.681 bits per heavy atom. The lowest BCUT2D eigenvalue weighted by Gasteiger charge is -2.39. The molecule has 4 aromatic rings. The van der Waals surface area contributed by atoms with Crippen LogP contribution in [0.25, 0.3) is 11.1 Å². The maximum Gasteiger partial charge on any atom is 0.334 e. The molecular formula is C41H30O6. The third-order valence-electron chi connectivity index (χ3n) is 8.53. The van der Waals surface area contributed by atoms with E-state index in [-0.39, 0.29) is 29.8 Å². The van der Waals surface area contributed by atoms with Crippen molar-refractivity contribution in [1.82, 2.24) is 0 Å². The summed E-state index contributed by atoms with van der Waals surface area (Å²) in [6.07, 6.45) is 11.8. The highest BCUT2D eigenvalue weighted by Crippen LogP contribution is 2.52. The second-order valence-electron chi connectivity index (χ2n) is 11.7. The van der Waals surface area contributed by atoms with Crippen LogP contribution < -0.4 is 4.74 Å². The van der Waals surface area contributed by atoms with Crippen molar-refractivity contribution < 1.29 is 28.6 Å². The zero-order chi connectivity index (χ0) is 33.5. The highest BCUT2D eigenvalue weighted by atomic mass is 16.6. The van der Waals surface area contributed by atoms with Gasteiger partial charge in [0.2, 0.25) is 0 Å². The van der Waals surface area contributed by atoms with E-state index in [2.05, 4.69) is 25.0 Å². The maximum atomic E-state index is 14.0. The number of hydrogen-bond acceptors (Lipinski definition) is 6. The predicted molar refractivity (Wildman–Crippen MR) is 179 cm³/mol. The lowest BCUT2D eigenvalue weighted by atomic mass is 9.71. The minimum Gasteiger partial charge on any atom is -0.456 e. The number of rotatable bonds is 7. The predicted octanol–water partition coefficient (Wildman–Crippen LogP) is 7.78. The van der Waals surface area contributed by atoms with Crippen LogP contribution in [0.15, 0.2) is 109 Å². The van der Waals surface area contributed by atoms with Gasteiger partial charge < -0.3 is 14.2 Å². The molecule has 0 radical (unpaired) electrons. The summed E-state index contributed by atoms with van der Waals surface area (Å²) < 4.78 is 18.6. The Labute approximate surface area is 273 Å². The molecule has 230 valence electrons. The highest BCUT2D eigenvalue weighted by Gasteiger charge is 2.48. The number of fused-ring (bicyclic) bond motifs is 4. The fourth-order valence-corrected chi connectivity index (χ4v) is 6.31. The summed E-state index contributed by atoms with van der Waals surface area (Å²) in [6.45, 7) is 10.6. The molecule has 0 amide bonds. The van der Waals surface area contributed by atoms with Crippen LogP contribution in [0.5, 0.6) is 11.5 Å². The molecule has 1 aliphatic heterocycles. The monoisotopic (exact) mass is 618 g/mol. The first kappa shape index (κ1) is 30.9. The van der Waals surface area contributed by atoms with E-state index in [1.807, 2.05) is 42.5 Å². The van der Waals surface area contributed by atoms with Crippen molar-refractivity contribution in [3.63, 3.8) is 0 Å². The summed E-state index contributed by atoms with van der Waals surface area (Å²) in [5.41, 5.74) is 2.11. The minimum absolute atomic E-state index is 0.00885. The second kappa shape index (κ2) is 11.7. The molecule has 0 spiro atoms. The number of carbonyl (C=O) groups excluding carboxylic acids is 3. The summed E-state index contributed by atoms with van der Waals surface area (Å²) in [6, 6.07) is 25.1. The molecule has 1 aliphatic carbocycles. The van der Waals surface area contributed by atoms with E-state index in [9.17, 15) is 14.4 Å². The normalized spacial score (nSPS) is 18.4. The molecule has 1 heterocycles. The SMILES string of the molecule is C#CCC1(OC(=O)C(=C)C)c2ccccc2Oc2cc(-c3ccc4c(c3)C(=O)c3ccccc3C4(CC#C)OC(=O)C(=C)C)ccc21. The maximum absolute atomic E-state index is 14.0. The van der Waals surface area contributed by atoms with Gasteiger partial charge in [-0.1, -0.05) is 79.9 Å². The second-order valence-corrected chi connectivity index (χ2v) is 11.7. The van der Waals surface area contributed by atoms with Crippen molar-refractivity contribution >= 4 is 17.7 Å². The van der Waals surface area contributed by atoms with Crippen LogP contribution in [0.1, 0.15) is 64.9 Å². The summed E-state index contributed by atoms with van der Waals surface area (Å²) in [5.74, 6) is 4.86. The van der Waals surface area contributed by atoms with Gasteiger partial charge in [0.05, 0.1) is 12.8 Å². The Kier molecular flexibility index (Phi) is 7.67. The molecule has 0 saturated heterocycles. The van der Waals surface area contributed by atoms with E-state index < -0.39 is 23.1 Å². The molecule has 2 atom stereocenters. The lowest BCUT2D eigenvalue weighted by molar-refractivity contribution is -0.152. The smallest absolute Gasteiger partial charge is 0.334 e. The van der Waals surface area contributed by atoms with Gasteiger partial charge in [0.25, 0.3) is 0 Å². The fourth-order valence-electron chi connectivity index (χ4n) is 6.31. The van der Waals surface area contributed by atoms with Crippen LogP contribution in [-0.2, 0) is 30.3 Å². The van der Waals surface area contributed by atoms with Crippen molar-refractivity contribution in [2.45, 2.75) is 37.9 Å². The van der Waals surface area contributed by atoms with E-state index in [1.165, 1.54) is 0 Å². The van der Waals surface area contributed by atoms with Crippen molar-refractivity contribution in [3.05, 3.63) is 143 Å². The zero-order valence-electron chi connectivity index (χ0n) is 26.0. The number of hydrogen-bond donors (Lipinski definition) is 0. The summed E-state index contributed by atoms with van der Waals surface area (Å²) >= 11 is 0. The molecule has 0 bridgehead atoms. The molecule has 2 unspecified atom stereocenters. The van der Waals surface area contributed by atoms with Crippen LogP contribution >= 0.6 is 0 Å². The molecule has 2 aliphatic rings. The van der Waals surface area contributed by atoms with Gasteiger partial charge in [-0.3, -0.25) is 4.79 Å². The van der Waals surface area contributed by atoms with Crippen LogP contribution in [0.4, 0.5) is 0 Å². The van der Waals surface area contributed by atoms with Crippen LogP contribution in [0.2, 0.25) is 0 Å². The first-order valence-electron chi connectivity index (χ1n) is 14.9.